The maximum absolute atomic E-state index is 6.08. The van der Waals surface area contributed by atoms with Gasteiger partial charge >= 0.3 is 0 Å². The Hall–Kier alpha value is -0.880. The number of halogens is 2. The summed E-state index contributed by atoms with van der Waals surface area (Å²) in [5, 5.41) is 0. The number of fused-ring (bicyclic) bond motifs is 1. The van der Waals surface area contributed by atoms with Crippen LogP contribution in [-0.4, -0.2) is 55.9 Å². The van der Waals surface area contributed by atoms with Gasteiger partial charge in [-0.3, -0.25) is 4.90 Å². The van der Waals surface area contributed by atoms with Gasteiger partial charge < -0.3 is 19.1 Å². The van der Waals surface area contributed by atoms with Crippen LogP contribution in [0.3, 0.4) is 0 Å². The molecule has 3 rings (SSSR count). The quantitative estimate of drug-likeness (QED) is 0.610. The Morgan fingerprint density at radius 1 is 0.962 bits per heavy atom. The van der Waals surface area contributed by atoms with E-state index in [-0.39, 0.29) is 24.8 Å². The van der Waals surface area contributed by atoms with E-state index < -0.39 is 0 Å². The Balaban J connectivity index is 0.00000169. The third-order valence-electron chi connectivity index (χ3n) is 4.72. The third kappa shape index (κ3) is 5.81. The van der Waals surface area contributed by atoms with Crippen LogP contribution in [0.4, 0.5) is 0 Å². The van der Waals surface area contributed by atoms with Gasteiger partial charge in [-0.15, -0.1) is 24.8 Å². The normalized spacial score (nSPS) is 16.7. The van der Waals surface area contributed by atoms with E-state index in [2.05, 4.69) is 29.7 Å². The summed E-state index contributed by atoms with van der Waals surface area (Å²) in [7, 11) is 0. The van der Waals surface area contributed by atoms with Gasteiger partial charge in [0.1, 0.15) is 0 Å². The van der Waals surface area contributed by atoms with Crippen molar-refractivity contribution in [2.24, 2.45) is 0 Å². The van der Waals surface area contributed by atoms with Gasteiger partial charge in [-0.05, 0) is 25.5 Å². The number of benzene rings is 1. The fraction of sp³-hybridized carbons (Fsp3) is 0.684. The van der Waals surface area contributed by atoms with E-state index in [1.807, 2.05) is 6.07 Å². The van der Waals surface area contributed by atoms with Crippen molar-refractivity contribution in [2.75, 3.05) is 46.1 Å². The topological polar surface area (TPSA) is 34.2 Å². The summed E-state index contributed by atoms with van der Waals surface area (Å²) in [5.74, 6) is 2.47. The first-order chi connectivity index (χ1) is 11.8. The van der Waals surface area contributed by atoms with Crippen molar-refractivity contribution in [2.45, 2.75) is 39.7 Å². The minimum atomic E-state index is 0. The molecule has 2 aliphatic heterocycles. The number of unbranched alkanes of at least 4 members (excludes halogenated alkanes) is 1. The summed E-state index contributed by atoms with van der Waals surface area (Å²) in [6, 6.07) is 4.14. The highest BCUT2D eigenvalue weighted by Gasteiger charge is 2.24. The average molecular weight is 407 g/mol. The van der Waals surface area contributed by atoms with Crippen molar-refractivity contribution >= 4 is 24.8 Å². The van der Waals surface area contributed by atoms with Crippen LogP contribution in [0.25, 0.3) is 0 Å². The van der Waals surface area contributed by atoms with Crippen LogP contribution in [0.15, 0.2) is 12.1 Å². The first kappa shape index (κ1) is 23.2. The highest BCUT2D eigenvalue weighted by molar-refractivity contribution is 5.85. The maximum atomic E-state index is 6.08. The van der Waals surface area contributed by atoms with E-state index >= 15 is 0 Å². The van der Waals surface area contributed by atoms with E-state index in [1.165, 1.54) is 18.5 Å². The van der Waals surface area contributed by atoms with Gasteiger partial charge in [-0.2, -0.15) is 0 Å². The van der Waals surface area contributed by atoms with E-state index in [0.717, 1.165) is 69.4 Å². The predicted octanol–water partition coefficient (Wildman–Crippen LogP) is 3.97. The van der Waals surface area contributed by atoms with E-state index in [1.54, 1.807) is 0 Å². The van der Waals surface area contributed by atoms with Crippen LogP contribution in [-0.2, 0) is 6.54 Å². The molecule has 2 aliphatic rings. The van der Waals surface area contributed by atoms with Crippen LogP contribution < -0.4 is 14.2 Å². The molecule has 0 radical (unpaired) electrons. The van der Waals surface area contributed by atoms with Crippen LogP contribution >= 0.6 is 24.8 Å². The Morgan fingerprint density at radius 3 is 2.38 bits per heavy atom. The summed E-state index contributed by atoms with van der Waals surface area (Å²) in [4.78, 5) is 5.06. The fourth-order valence-corrected chi connectivity index (χ4v) is 3.32. The zero-order valence-corrected chi connectivity index (χ0v) is 17.5. The molecule has 150 valence electrons. The summed E-state index contributed by atoms with van der Waals surface area (Å²) in [6.07, 6.45) is 3.42. The van der Waals surface area contributed by atoms with Crippen LogP contribution in [0.2, 0.25) is 0 Å². The van der Waals surface area contributed by atoms with Gasteiger partial charge in [0, 0.05) is 38.3 Å². The first-order valence-electron chi connectivity index (χ1n) is 9.30. The van der Waals surface area contributed by atoms with Crippen LogP contribution in [0.5, 0.6) is 17.2 Å². The zero-order chi connectivity index (χ0) is 16.8. The maximum Gasteiger partial charge on any atom is 0.231 e. The van der Waals surface area contributed by atoms with E-state index in [9.17, 15) is 0 Å². The third-order valence-corrected chi connectivity index (χ3v) is 4.72. The standard InChI is InChI=1S/C19H30N2O3.2ClH/c1-3-5-13-22-18-16(6-7-17-19(18)24-15-23-17)14-21-11-9-20(8-4-2)10-12-21;;/h6-7H,3-5,8-15H2,1-2H3;2*1H. The molecule has 0 atom stereocenters. The monoisotopic (exact) mass is 406 g/mol. The van der Waals surface area contributed by atoms with Gasteiger partial charge in [0.15, 0.2) is 11.5 Å². The number of hydrogen-bond acceptors (Lipinski definition) is 5. The first-order valence-corrected chi connectivity index (χ1v) is 9.30. The van der Waals surface area contributed by atoms with Crippen molar-refractivity contribution in [1.29, 1.82) is 0 Å². The largest absolute Gasteiger partial charge is 0.489 e. The zero-order valence-electron chi connectivity index (χ0n) is 15.9. The van der Waals surface area contributed by atoms with Crippen molar-refractivity contribution < 1.29 is 14.2 Å². The van der Waals surface area contributed by atoms with Crippen molar-refractivity contribution in [3.8, 4) is 17.2 Å². The fourth-order valence-electron chi connectivity index (χ4n) is 3.32. The molecule has 0 spiro atoms. The van der Waals surface area contributed by atoms with Crippen molar-refractivity contribution in [3.05, 3.63) is 17.7 Å². The Labute approximate surface area is 169 Å². The SMILES string of the molecule is CCCCOc1c(CN2CCN(CCC)CC2)ccc2c1OCO2.Cl.Cl. The molecule has 0 saturated carbocycles. The molecule has 1 aromatic carbocycles. The lowest BCUT2D eigenvalue weighted by atomic mass is 10.1. The van der Waals surface area contributed by atoms with Gasteiger partial charge in [0.05, 0.1) is 6.61 Å². The second-order valence-corrected chi connectivity index (χ2v) is 6.61. The summed E-state index contributed by atoms with van der Waals surface area (Å²) >= 11 is 0. The molecule has 1 saturated heterocycles. The molecule has 26 heavy (non-hydrogen) atoms. The van der Waals surface area contributed by atoms with Crippen molar-refractivity contribution in [1.82, 2.24) is 9.80 Å². The molecular formula is C19H32Cl2N2O3. The van der Waals surface area contributed by atoms with Crippen LogP contribution in [0.1, 0.15) is 38.7 Å². The van der Waals surface area contributed by atoms with Crippen molar-refractivity contribution in [3.63, 3.8) is 0 Å². The number of ether oxygens (including phenoxy) is 3. The lowest BCUT2D eigenvalue weighted by Crippen LogP contribution is -2.46. The molecule has 2 heterocycles. The van der Waals surface area contributed by atoms with Crippen LogP contribution in [0, 0.1) is 0 Å². The molecule has 0 amide bonds. The molecule has 0 N–H and O–H groups in total. The van der Waals surface area contributed by atoms with E-state index in [4.69, 9.17) is 14.2 Å². The molecule has 1 fully saturated rings. The number of nitrogens with zero attached hydrogens (tertiary/aromatic N) is 2. The highest BCUT2D eigenvalue weighted by Crippen LogP contribution is 2.43. The molecule has 1 aromatic rings. The van der Waals surface area contributed by atoms with E-state index in [0.29, 0.717) is 6.79 Å². The van der Waals surface area contributed by atoms with Gasteiger partial charge in [-0.25, -0.2) is 0 Å². The average Bonchev–Trinajstić information content (AvgIpc) is 3.07. The molecule has 5 nitrogen and oxygen atoms in total. The lowest BCUT2D eigenvalue weighted by molar-refractivity contribution is 0.126. The molecule has 0 unspecified atom stereocenters. The Bertz CT molecular complexity index is 538. The number of piperazine rings is 1. The van der Waals surface area contributed by atoms with Gasteiger partial charge in [0.2, 0.25) is 12.5 Å². The smallest absolute Gasteiger partial charge is 0.231 e. The summed E-state index contributed by atoms with van der Waals surface area (Å²) in [6.45, 7) is 12.1. The van der Waals surface area contributed by atoms with Gasteiger partial charge in [0.25, 0.3) is 0 Å². The second-order valence-electron chi connectivity index (χ2n) is 6.61. The minimum Gasteiger partial charge on any atom is -0.489 e. The second kappa shape index (κ2) is 11.8. The van der Waals surface area contributed by atoms with Gasteiger partial charge in [-0.1, -0.05) is 26.3 Å². The molecule has 7 heteroatoms. The molecular weight excluding hydrogens is 375 g/mol. The predicted molar refractivity (Wildman–Crippen MR) is 109 cm³/mol. The highest BCUT2D eigenvalue weighted by atomic mass is 35.5. The minimum absolute atomic E-state index is 0. The molecule has 0 aromatic heterocycles. The molecule has 0 aliphatic carbocycles. The lowest BCUT2D eigenvalue weighted by Gasteiger charge is -2.34. The summed E-state index contributed by atoms with van der Waals surface area (Å²) < 4.78 is 17.3. The summed E-state index contributed by atoms with van der Waals surface area (Å²) in [5.41, 5.74) is 1.21. The number of rotatable bonds is 8. The Kier molecular flexibility index (Phi) is 10.5. The Morgan fingerprint density at radius 2 is 1.69 bits per heavy atom. The molecule has 0 bridgehead atoms. The number of hydrogen-bond donors (Lipinski definition) is 0.